The molecule has 5 unspecified atom stereocenters. The Labute approximate surface area is 93.2 Å². The van der Waals surface area contributed by atoms with Crippen LogP contribution < -0.4 is 5.73 Å². The highest BCUT2D eigenvalue weighted by molar-refractivity contribution is 4.99. The number of fused-ring (bicyclic) bond motifs is 2. The summed E-state index contributed by atoms with van der Waals surface area (Å²) >= 11 is 0. The van der Waals surface area contributed by atoms with Gasteiger partial charge in [0.15, 0.2) is 0 Å². The van der Waals surface area contributed by atoms with Crippen LogP contribution in [-0.2, 0) is 0 Å². The van der Waals surface area contributed by atoms with E-state index in [-0.39, 0.29) is 17.6 Å². The van der Waals surface area contributed by atoms with E-state index in [9.17, 15) is 5.11 Å². The molecule has 2 rings (SSSR count). The predicted octanol–water partition coefficient (Wildman–Crippen LogP) is 2.30. The van der Waals surface area contributed by atoms with Crippen LogP contribution in [0.3, 0.4) is 0 Å². The van der Waals surface area contributed by atoms with Gasteiger partial charge in [-0.1, -0.05) is 13.3 Å². The Balaban J connectivity index is 2.17. The molecule has 2 heteroatoms. The first-order valence-corrected chi connectivity index (χ1v) is 6.49. The van der Waals surface area contributed by atoms with E-state index in [2.05, 4.69) is 13.8 Å². The Hall–Kier alpha value is -0.0800. The number of nitrogens with two attached hydrogens (primary N) is 1. The molecular formula is C13H25NO. The first-order chi connectivity index (χ1) is 7.05. The van der Waals surface area contributed by atoms with Crippen molar-refractivity contribution in [1.29, 1.82) is 0 Å². The highest BCUT2D eigenvalue weighted by atomic mass is 16.3. The maximum Gasteiger partial charge on any atom is 0.0548 e. The van der Waals surface area contributed by atoms with Crippen molar-refractivity contribution >= 4 is 0 Å². The molecule has 0 amide bonds. The molecule has 0 spiro atoms. The van der Waals surface area contributed by atoms with Gasteiger partial charge < -0.3 is 10.8 Å². The van der Waals surface area contributed by atoms with Crippen LogP contribution in [0.1, 0.15) is 52.4 Å². The Bertz CT molecular complexity index is 225. The minimum absolute atomic E-state index is 0.0902. The van der Waals surface area contributed by atoms with Gasteiger partial charge in [0.05, 0.1) is 6.10 Å². The molecule has 0 radical (unpaired) electrons. The molecule has 5 atom stereocenters. The molecule has 2 aliphatic carbocycles. The van der Waals surface area contributed by atoms with E-state index in [1.165, 1.54) is 25.7 Å². The molecule has 0 saturated heterocycles. The van der Waals surface area contributed by atoms with Crippen molar-refractivity contribution in [3.05, 3.63) is 0 Å². The van der Waals surface area contributed by atoms with E-state index in [0.29, 0.717) is 0 Å². The molecule has 2 bridgehead atoms. The largest absolute Gasteiger partial charge is 0.393 e. The molecule has 15 heavy (non-hydrogen) atoms. The summed E-state index contributed by atoms with van der Waals surface area (Å²) < 4.78 is 0. The fourth-order valence-corrected chi connectivity index (χ4v) is 4.02. The highest BCUT2D eigenvalue weighted by Gasteiger charge is 2.47. The molecule has 0 aromatic heterocycles. The number of aliphatic hydroxyl groups is 1. The average Bonchev–Trinajstić information content (AvgIpc) is 2.15. The van der Waals surface area contributed by atoms with Crippen molar-refractivity contribution in [3.63, 3.8) is 0 Å². The van der Waals surface area contributed by atoms with Crippen molar-refractivity contribution in [1.82, 2.24) is 0 Å². The normalized spacial score (nSPS) is 47.6. The van der Waals surface area contributed by atoms with Crippen molar-refractivity contribution < 1.29 is 5.11 Å². The Morgan fingerprint density at radius 3 is 2.67 bits per heavy atom. The molecule has 0 aromatic carbocycles. The zero-order chi connectivity index (χ0) is 11.1. The third-order valence-electron chi connectivity index (χ3n) is 4.85. The van der Waals surface area contributed by atoms with E-state index in [1.54, 1.807) is 0 Å². The smallest absolute Gasteiger partial charge is 0.0548 e. The lowest BCUT2D eigenvalue weighted by Gasteiger charge is -2.52. The van der Waals surface area contributed by atoms with Gasteiger partial charge in [-0.15, -0.1) is 0 Å². The fraction of sp³-hybridized carbons (Fsp3) is 1.00. The molecular weight excluding hydrogens is 186 g/mol. The van der Waals surface area contributed by atoms with Crippen LogP contribution in [0, 0.1) is 17.3 Å². The summed E-state index contributed by atoms with van der Waals surface area (Å²) in [5, 5.41) is 9.93. The van der Waals surface area contributed by atoms with E-state index < -0.39 is 0 Å². The van der Waals surface area contributed by atoms with E-state index >= 15 is 0 Å². The maximum absolute atomic E-state index is 9.93. The van der Waals surface area contributed by atoms with Crippen LogP contribution in [0.15, 0.2) is 0 Å². The molecule has 2 nitrogen and oxygen atoms in total. The van der Waals surface area contributed by atoms with Crippen LogP contribution >= 0.6 is 0 Å². The van der Waals surface area contributed by atoms with Gasteiger partial charge in [0.25, 0.3) is 0 Å². The Morgan fingerprint density at radius 2 is 2.07 bits per heavy atom. The lowest BCUT2D eigenvalue weighted by Crippen LogP contribution is -2.50. The molecule has 0 heterocycles. The molecule has 2 fully saturated rings. The maximum atomic E-state index is 9.93. The van der Waals surface area contributed by atoms with Crippen molar-refractivity contribution in [2.75, 3.05) is 0 Å². The van der Waals surface area contributed by atoms with Crippen LogP contribution in [0.4, 0.5) is 0 Å². The Kier molecular flexibility index (Phi) is 3.09. The molecule has 2 saturated carbocycles. The summed E-state index contributed by atoms with van der Waals surface area (Å²) in [5.74, 6) is 1.58. The standard InChI is InChI=1S/C13H25NO/c1-3-10-4-11-5-12(15)8-13(6-10,7-11)9(2)14/h9-12,15H,3-8,14H2,1-2H3. The summed E-state index contributed by atoms with van der Waals surface area (Å²) in [4.78, 5) is 0. The minimum atomic E-state index is -0.0902. The van der Waals surface area contributed by atoms with E-state index in [0.717, 1.165) is 24.7 Å². The van der Waals surface area contributed by atoms with Crippen molar-refractivity contribution in [2.24, 2.45) is 23.0 Å². The van der Waals surface area contributed by atoms with Crippen molar-refractivity contribution in [2.45, 2.75) is 64.5 Å². The molecule has 0 aromatic rings. The summed E-state index contributed by atoms with van der Waals surface area (Å²) in [5.41, 5.74) is 6.43. The van der Waals surface area contributed by atoms with Gasteiger partial charge in [-0.05, 0) is 56.3 Å². The summed E-state index contributed by atoms with van der Waals surface area (Å²) in [6, 6.07) is 0.240. The lowest BCUT2D eigenvalue weighted by atomic mass is 9.55. The first kappa shape index (κ1) is 11.4. The first-order valence-electron chi connectivity index (χ1n) is 6.49. The monoisotopic (exact) mass is 211 g/mol. The van der Waals surface area contributed by atoms with E-state index in [4.69, 9.17) is 5.73 Å². The second-order valence-corrected chi connectivity index (χ2v) is 6.03. The summed E-state index contributed by atoms with van der Waals surface area (Å²) in [6.07, 6.45) is 6.98. The SMILES string of the molecule is CCC1CC2CC(O)CC(C(C)N)(C1)C2. The van der Waals surface area contributed by atoms with Crippen molar-refractivity contribution in [3.8, 4) is 0 Å². The summed E-state index contributed by atoms with van der Waals surface area (Å²) in [6.45, 7) is 4.42. The fourth-order valence-electron chi connectivity index (χ4n) is 4.02. The average molecular weight is 211 g/mol. The highest BCUT2D eigenvalue weighted by Crippen LogP contribution is 2.53. The van der Waals surface area contributed by atoms with Gasteiger partial charge in [0, 0.05) is 6.04 Å². The molecule has 0 aliphatic heterocycles. The van der Waals surface area contributed by atoms with Gasteiger partial charge in [-0.2, -0.15) is 0 Å². The Morgan fingerprint density at radius 1 is 1.33 bits per heavy atom. The van der Waals surface area contributed by atoms with Gasteiger partial charge in [0.2, 0.25) is 0 Å². The van der Waals surface area contributed by atoms with Crippen LogP contribution in [0.25, 0.3) is 0 Å². The van der Waals surface area contributed by atoms with Gasteiger partial charge >= 0.3 is 0 Å². The minimum Gasteiger partial charge on any atom is -0.393 e. The number of aliphatic hydroxyl groups excluding tert-OH is 1. The second-order valence-electron chi connectivity index (χ2n) is 6.03. The van der Waals surface area contributed by atoms with Gasteiger partial charge in [0.1, 0.15) is 0 Å². The van der Waals surface area contributed by atoms with Crippen LogP contribution in [0.2, 0.25) is 0 Å². The topological polar surface area (TPSA) is 46.2 Å². The van der Waals surface area contributed by atoms with Gasteiger partial charge in [-0.3, -0.25) is 0 Å². The molecule has 3 N–H and O–H groups in total. The lowest BCUT2D eigenvalue weighted by molar-refractivity contribution is -0.0464. The third-order valence-corrected chi connectivity index (χ3v) is 4.85. The van der Waals surface area contributed by atoms with Gasteiger partial charge in [-0.25, -0.2) is 0 Å². The third kappa shape index (κ3) is 2.07. The number of rotatable bonds is 2. The van der Waals surface area contributed by atoms with E-state index in [1.807, 2.05) is 0 Å². The number of hydrogen-bond donors (Lipinski definition) is 2. The predicted molar refractivity (Wildman–Crippen MR) is 62.4 cm³/mol. The molecule has 2 aliphatic rings. The second kappa shape index (κ2) is 4.06. The molecule has 88 valence electrons. The number of hydrogen-bond acceptors (Lipinski definition) is 2. The zero-order valence-corrected chi connectivity index (χ0v) is 10.1. The van der Waals surface area contributed by atoms with Crippen LogP contribution in [-0.4, -0.2) is 17.3 Å². The summed E-state index contributed by atoms with van der Waals surface area (Å²) in [7, 11) is 0. The zero-order valence-electron chi connectivity index (χ0n) is 10.1. The quantitative estimate of drug-likeness (QED) is 0.736. The van der Waals surface area contributed by atoms with Crippen LogP contribution in [0.5, 0.6) is 0 Å².